The third kappa shape index (κ3) is 7.68. The van der Waals surface area contributed by atoms with Crippen molar-refractivity contribution >= 4 is 23.4 Å². The maximum absolute atomic E-state index is 11.5. The number of rotatable bonds is 8. The van der Waals surface area contributed by atoms with Gasteiger partial charge in [0.2, 0.25) is 0 Å². The van der Waals surface area contributed by atoms with E-state index in [1.807, 2.05) is 12.1 Å². The lowest BCUT2D eigenvalue weighted by Gasteiger charge is -2.06. The second-order valence-corrected chi connectivity index (χ2v) is 5.11. The molecule has 0 bridgehead atoms. The summed E-state index contributed by atoms with van der Waals surface area (Å²) in [6.45, 7) is 1.00. The van der Waals surface area contributed by atoms with Gasteiger partial charge in [0.05, 0.1) is 0 Å². The molecule has 5 nitrogen and oxygen atoms in total. The lowest BCUT2D eigenvalue weighted by atomic mass is 10.1. The SMILES string of the molecule is O=C(NCCCCCO)C(=O)NCCc1ccc(Cl)cc1. The molecular formula is C15H21ClN2O3. The predicted octanol–water partition coefficient (Wildman–Crippen LogP) is 1.28. The highest BCUT2D eigenvalue weighted by molar-refractivity contribution is 6.35. The number of carbonyl (C=O) groups excluding carboxylic acids is 2. The van der Waals surface area contributed by atoms with E-state index in [1.165, 1.54) is 0 Å². The molecule has 0 aliphatic carbocycles. The molecule has 1 rings (SSSR count). The average Bonchev–Trinajstić information content (AvgIpc) is 2.48. The molecule has 0 radical (unpaired) electrons. The molecule has 6 heteroatoms. The van der Waals surface area contributed by atoms with Gasteiger partial charge >= 0.3 is 11.8 Å². The van der Waals surface area contributed by atoms with Crippen molar-refractivity contribution in [2.24, 2.45) is 0 Å². The van der Waals surface area contributed by atoms with Gasteiger partial charge in [-0.2, -0.15) is 0 Å². The minimum atomic E-state index is -0.619. The van der Waals surface area contributed by atoms with Gasteiger partial charge in [0.25, 0.3) is 0 Å². The number of unbranched alkanes of at least 4 members (excludes halogenated alkanes) is 2. The fourth-order valence-electron chi connectivity index (χ4n) is 1.75. The number of hydrogen-bond acceptors (Lipinski definition) is 3. The predicted molar refractivity (Wildman–Crippen MR) is 82.1 cm³/mol. The van der Waals surface area contributed by atoms with Crippen molar-refractivity contribution in [3.05, 3.63) is 34.9 Å². The lowest BCUT2D eigenvalue weighted by Crippen LogP contribution is -2.41. The first-order valence-corrected chi connectivity index (χ1v) is 7.42. The molecule has 0 fully saturated rings. The second kappa shape index (κ2) is 10.2. The normalized spacial score (nSPS) is 10.2. The number of hydrogen-bond donors (Lipinski definition) is 3. The van der Waals surface area contributed by atoms with Gasteiger partial charge < -0.3 is 15.7 Å². The first-order chi connectivity index (χ1) is 10.1. The van der Waals surface area contributed by atoms with E-state index in [0.717, 1.165) is 18.4 Å². The Bertz CT molecular complexity index is 449. The van der Waals surface area contributed by atoms with Crippen LogP contribution < -0.4 is 10.6 Å². The van der Waals surface area contributed by atoms with Crippen LogP contribution in [-0.4, -0.2) is 36.6 Å². The zero-order valence-corrected chi connectivity index (χ0v) is 12.7. The maximum atomic E-state index is 11.5. The number of benzene rings is 1. The molecule has 0 aliphatic heterocycles. The van der Waals surface area contributed by atoms with Crippen LogP contribution in [0.2, 0.25) is 5.02 Å². The molecule has 0 unspecified atom stereocenters. The van der Waals surface area contributed by atoms with E-state index in [0.29, 0.717) is 31.0 Å². The van der Waals surface area contributed by atoms with Crippen molar-refractivity contribution in [3.63, 3.8) is 0 Å². The third-order valence-corrected chi connectivity index (χ3v) is 3.19. The number of nitrogens with one attached hydrogen (secondary N) is 2. The summed E-state index contributed by atoms with van der Waals surface area (Å²) in [7, 11) is 0. The minimum Gasteiger partial charge on any atom is -0.396 e. The first kappa shape index (κ1) is 17.5. The van der Waals surface area contributed by atoms with Crippen LogP contribution in [0.25, 0.3) is 0 Å². The Labute approximate surface area is 129 Å². The van der Waals surface area contributed by atoms with Crippen molar-refractivity contribution in [2.45, 2.75) is 25.7 Å². The van der Waals surface area contributed by atoms with Crippen molar-refractivity contribution in [2.75, 3.05) is 19.7 Å². The Balaban J connectivity index is 2.14. The van der Waals surface area contributed by atoms with Crippen LogP contribution in [0.15, 0.2) is 24.3 Å². The molecule has 0 aliphatic rings. The quantitative estimate of drug-likeness (QED) is 0.500. The Hall–Kier alpha value is -1.59. The standard InChI is InChI=1S/C15H21ClN2O3/c16-13-6-4-12(5-7-13)8-10-18-15(21)14(20)17-9-2-1-3-11-19/h4-7,19H,1-3,8-11H2,(H,17,20)(H,18,21). The molecule has 2 amide bonds. The van der Waals surface area contributed by atoms with E-state index >= 15 is 0 Å². The molecule has 21 heavy (non-hydrogen) atoms. The average molecular weight is 313 g/mol. The van der Waals surface area contributed by atoms with Crippen LogP contribution in [0.3, 0.4) is 0 Å². The summed E-state index contributed by atoms with van der Waals surface area (Å²) < 4.78 is 0. The van der Waals surface area contributed by atoms with Gasteiger partial charge in [-0.05, 0) is 43.4 Å². The fourth-order valence-corrected chi connectivity index (χ4v) is 1.87. The Morgan fingerprint density at radius 2 is 1.57 bits per heavy atom. The number of halogens is 1. The van der Waals surface area contributed by atoms with Crippen LogP contribution in [0, 0.1) is 0 Å². The van der Waals surface area contributed by atoms with Crippen LogP contribution in [0.5, 0.6) is 0 Å². The highest BCUT2D eigenvalue weighted by atomic mass is 35.5. The second-order valence-electron chi connectivity index (χ2n) is 4.67. The molecule has 0 atom stereocenters. The van der Waals surface area contributed by atoms with Crippen molar-refractivity contribution in [1.29, 1.82) is 0 Å². The van der Waals surface area contributed by atoms with E-state index in [-0.39, 0.29) is 6.61 Å². The minimum absolute atomic E-state index is 0.152. The Morgan fingerprint density at radius 3 is 2.19 bits per heavy atom. The number of aliphatic hydroxyl groups excluding tert-OH is 1. The van der Waals surface area contributed by atoms with Gasteiger partial charge in [0, 0.05) is 24.7 Å². The monoisotopic (exact) mass is 312 g/mol. The van der Waals surface area contributed by atoms with Crippen molar-refractivity contribution in [1.82, 2.24) is 10.6 Å². The zero-order valence-electron chi connectivity index (χ0n) is 11.9. The highest BCUT2D eigenvalue weighted by Crippen LogP contribution is 2.09. The van der Waals surface area contributed by atoms with Crippen LogP contribution in [-0.2, 0) is 16.0 Å². The van der Waals surface area contributed by atoms with E-state index in [1.54, 1.807) is 12.1 Å². The molecule has 0 aromatic heterocycles. The summed E-state index contributed by atoms with van der Waals surface area (Å²) in [4.78, 5) is 23.0. The van der Waals surface area contributed by atoms with Crippen molar-refractivity contribution < 1.29 is 14.7 Å². The van der Waals surface area contributed by atoms with Crippen molar-refractivity contribution in [3.8, 4) is 0 Å². The van der Waals surface area contributed by atoms with Gasteiger partial charge in [0.15, 0.2) is 0 Å². The smallest absolute Gasteiger partial charge is 0.309 e. The summed E-state index contributed by atoms with van der Waals surface area (Å²) in [6, 6.07) is 7.35. The summed E-state index contributed by atoms with van der Waals surface area (Å²) in [5, 5.41) is 14.4. The molecule has 1 aromatic carbocycles. The van der Waals surface area contributed by atoms with Crippen LogP contribution in [0.1, 0.15) is 24.8 Å². The summed E-state index contributed by atoms with van der Waals surface area (Å²) in [5.41, 5.74) is 1.05. The molecule has 1 aromatic rings. The highest BCUT2D eigenvalue weighted by Gasteiger charge is 2.11. The molecule has 0 heterocycles. The van der Waals surface area contributed by atoms with Gasteiger partial charge in [-0.3, -0.25) is 9.59 Å². The van der Waals surface area contributed by atoms with E-state index in [9.17, 15) is 9.59 Å². The fraction of sp³-hybridized carbons (Fsp3) is 0.467. The zero-order chi connectivity index (χ0) is 15.5. The lowest BCUT2D eigenvalue weighted by molar-refractivity contribution is -0.139. The summed E-state index contributed by atoms with van der Waals surface area (Å²) in [6.07, 6.45) is 2.94. The third-order valence-electron chi connectivity index (χ3n) is 2.94. The number of aliphatic hydroxyl groups is 1. The van der Waals surface area contributed by atoms with E-state index < -0.39 is 11.8 Å². The van der Waals surface area contributed by atoms with Gasteiger partial charge in [-0.15, -0.1) is 0 Å². The molecule has 0 spiro atoms. The molecule has 0 saturated carbocycles. The largest absolute Gasteiger partial charge is 0.396 e. The first-order valence-electron chi connectivity index (χ1n) is 7.05. The van der Waals surface area contributed by atoms with Gasteiger partial charge in [-0.25, -0.2) is 0 Å². The Kier molecular flexibility index (Phi) is 8.47. The van der Waals surface area contributed by atoms with E-state index in [2.05, 4.69) is 10.6 Å². The topological polar surface area (TPSA) is 78.4 Å². The number of carbonyl (C=O) groups is 2. The molecule has 116 valence electrons. The van der Waals surface area contributed by atoms with Gasteiger partial charge in [-0.1, -0.05) is 23.7 Å². The molecular weight excluding hydrogens is 292 g/mol. The van der Waals surface area contributed by atoms with Gasteiger partial charge in [0.1, 0.15) is 0 Å². The molecule has 0 saturated heterocycles. The van der Waals surface area contributed by atoms with E-state index in [4.69, 9.17) is 16.7 Å². The summed E-state index contributed by atoms with van der Waals surface area (Å²) in [5.74, 6) is -1.23. The maximum Gasteiger partial charge on any atom is 0.309 e. The Morgan fingerprint density at radius 1 is 0.952 bits per heavy atom. The molecule has 3 N–H and O–H groups in total. The summed E-state index contributed by atoms with van der Waals surface area (Å²) >= 11 is 5.78. The van der Waals surface area contributed by atoms with Crippen LogP contribution >= 0.6 is 11.6 Å². The number of amides is 2. The van der Waals surface area contributed by atoms with Crippen LogP contribution in [0.4, 0.5) is 0 Å².